The van der Waals surface area contributed by atoms with Gasteiger partial charge in [0.25, 0.3) is 0 Å². The zero-order chi connectivity index (χ0) is 14.9. The molecule has 0 aromatic heterocycles. The predicted octanol–water partition coefficient (Wildman–Crippen LogP) is 4.51. The van der Waals surface area contributed by atoms with Crippen molar-refractivity contribution in [2.45, 2.75) is 32.4 Å². The Morgan fingerprint density at radius 2 is 1.43 bits per heavy atom. The van der Waals surface area contributed by atoms with E-state index in [-0.39, 0.29) is 12.1 Å². The van der Waals surface area contributed by atoms with E-state index in [1.54, 1.807) is 0 Å². The van der Waals surface area contributed by atoms with Gasteiger partial charge in [-0.2, -0.15) is 0 Å². The van der Waals surface area contributed by atoms with E-state index in [1.165, 1.54) is 11.1 Å². The molecule has 0 bridgehead atoms. The van der Waals surface area contributed by atoms with Gasteiger partial charge in [-0.15, -0.1) is 0 Å². The summed E-state index contributed by atoms with van der Waals surface area (Å²) in [6, 6.07) is 21.2. The largest absolute Gasteiger partial charge is 0.372 e. The summed E-state index contributed by atoms with van der Waals surface area (Å²) >= 11 is 0. The molecule has 0 heterocycles. The molecule has 0 aliphatic carbocycles. The van der Waals surface area contributed by atoms with Crippen molar-refractivity contribution in [3.05, 3.63) is 71.8 Å². The van der Waals surface area contributed by atoms with Crippen molar-refractivity contribution in [1.29, 1.82) is 0 Å². The predicted molar refractivity (Wildman–Crippen MR) is 88.3 cm³/mol. The van der Waals surface area contributed by atoms with Crippen molar-refractivity contribution in [3.63, 3.8) is 0 Å². The molecule has 2 atom stereocenters. The summed E-state index contributed by atoms with van der Waals surface area (Å²) in [5, 5.41) is 3.64. The average Bonchev–Trinajstić information content (AvgIpc) is 2.56. The normalized spacial score (nSPS) is 13.8. The molecule has 0 amide bonds. The molecule has 2 rings (SSSR count). The van der Waals surface area contributed by atoms with E-state index in [9.17, 15) is 0 Å². The fraction of sp³-hybridized carbons (Fsp3) is 0.368. The first-order valence-electron chi connectivity index (χ1n) is 7.81. The smallest absolute Gasteiger partial charge is 0.102 e. The van der Waals surface area contributed by atoms with Gasteiger partial charge >= 0.3 is 0 Å². The summed E-state index contributed by atoms with van der Waals surface area (Å²) in [5.74, 6) is 0. The van der Waals surface area contributed by atoms with Crippen LogP contribution in [0.15, 0.2) is 60.7 Å². The quantitative estimate of drug-likeness (QED) is 0.770. The van der Waals surface area contributed by atoms with E-state index in [2.05, 4.69) is 73.8 Å². The molecule has 0 saturated heterocycles. The molecule has 0 radical (unpaired) electrons. The van der Waals surface area contributed by atoms with E-state index >= 15 is 0 Å². The highest BCUT2D eigenvalue weighted by atomic mass is 16.5. The van der Waals surface area contributed by atoms with Crippen LogP contribution < -0.4 is 5.32 Å². The zero-order valence-electron chi connectivity index (χ0n) is 13.0. The molecule has 0 spiro atoms. The van der Waals surface area contributed by atoms with Crippen molar-refractivity contribution < 1.29 is 4.74 Å². The molecule has 112 valence electrons. The summed E-state index contributed by atoms with van der Waals surface area (Å²) in [6.45, 7) is 5.93. The van der Waals surface area contributed by atoms with Gasteiger partial charge in [-0.1, -0.05) is 67.6 Å². The van der Waals surface area contributed by atoms with Crippen molar-refractivity contribution in [3.8, 4) is 0 Å². The molecule has 0 aliphatic rings. The molecule has 2 aromatic rings. The number of hydrogen-bond acceptors (Lipinski definition) is 2. The first kappa shape index (κ1) is 15.7. The molecular formula is C19H25NO. The summed E-state index contributed by atoms with van der Waals surface area (Å²) in [6.07, 6.45) is 1.14. The van der Waals surface area contributed by atoms with Crippen LogP contribution >= 0.6 is 0 Å². The molecule has 0 aliphatic heterocycles. The van der Waals surface area contributed by atoms with Crippen LogP contribution in [-0.4, -0.2) is 13.2 Å². The topological polar surface area (TPSA) is 21.3 Å². The number of benzene rings is 2. The lowest BCUT2D eigenvalue weighted by molar-refractivity contribution is 0.0327. The SMILES string of the molecule is CCCNC(c1ccccc1)C(OCC)c1ccccc1. The minimum Gasteiger partial charge on any atom is -0.372 e. The molecule has 0 fully saturated rings. The Morgan fingerprint density at radius 3 is 1.95 bits per heavy atom. The Kier molecular flexibility index (Phi) is 6.45. The summed E-state index contributed by atoms with van der Waals surface area (Å²) < 4.78 is 6.08. The number of nitrogens with one attached hydrogen (secondary N) is 1. The van der Waals surface area contributed by atoms with Crippen LogP contribution in [0.5, 0.6) is 0 Å². The third-order valence-electron chi connectivity index (χ3n) is 3.55. The number of rotatable bonds is 8. The molecule has 2 nitrogen and oxygen atoms in total. The summed E-state index contributed by atoms with van der Waals surface area (Å²) in [4.78, 5) is 0. The Morgan fingerprint density at radius 1 is 0.857 bits per heavy atom. The Labute approximate surface area is 128 Å². The highest BCUT2D eigenvalue weighted by Crippen LogP contribution is 2.32. The summed E-state index contributed by atoms with van der Waals surface area (Å²) in [5.41, 5.74) is 2.49. The van der Waals surface area contributed by atoms with Crippen LogP contribution in [0, 0.1) is 0 Å². The van der Waals surface area contributed by atoms with Crippen molar-refractivity contribution in [2.75, 3.05) is 13.2 Å². The van der Waals surface area contributed by atoms with E-state index in [0.29, 0.717) is 6.61 Å². The fourth-order valence-corrected chi connectivity index (χ4v) is 2.57. The second-order valence-electron chi connectivity index (χ2n) is 5.13. The number of ether oxygens (including phenoxy) is 1. The van der Waals surface area contributed by atoms with Gasteiger partial charge in [0.1, 0.15) is 6.10 Å². The maximum absolute atomic E-state index is 6.08. The first-order valence-corrected chi connectivity index (χ1v) is 7.81. The molecular weight excluding hydrogens is 258 g/mol. The third kappa shape index (κ3) is 4.42. The highest BCUT2D eigenvalue weighted by Gasteiger charge is 2.24. The van der Waals surface area contributed by atoms with E-state index < -0.39 is 0 Å². The van der Waals surface area contributed by atoms with Gasteiger partial charge in [0, 0.05) is 6.61 Å². The van der Waals surface area contributed by atoms with Gasteiger partial charge in [-0.05, 0) is 31.0 Å². The Hall–Kier alpha value is -1.64. The van der Waals surface area contributed by atoms with Crippen LogP contribution in [-0.2, 0) is 4.74 Å². The molecule has 0 saturated carbocycles. The molecule has 2 heteroatoms. The van der Waals surface area contributed by atoms with Crippen LogP contribution in [0.1, 0.15) is 43.5 Å². The molecule has 1 N–H and O–H groups in total. The Bertz CT molecular complexity index is 497. The fourth-order valence-electron chi connectivity index (χ4n) is 2.57. The minimum atomic E-state index is 0.0325. The molecule has 21 heavy (non-hydrogen) atoms. The molecule has 2 unspecified atom stereocenters. The zero-order valence-corrected chi connectivity index (χ0v) is 13.0. The Balaban J connectivity index is 2.31. The minimum absolute atomic E-state index is 0.0325. The van der Waals surface area contributed by atoms with Gasteiger partial charge < -0.3 is 10.1 Å². The van der Waals surface area contributed by atoms with Crippen molar-refractivity contribution in [2.24, 2.45) is 0 Å². The van der Waals surface area contributed by atoms with Crippen LogP contribution in [0.2, 0.25) is 0 Å². The van der Waals surface area contributed by atoms with Crippen LogP contribution in [0.4, 0.5) is 0 Å². The van der Waals surface area contributed by atoms with Gasteiger partial charge in [-0.25, -0.2) is 0 Å². The van der Waals surface area contributed by atoms with Crippen molar-refractivity contribution in [1.82, 2.24) is 5.32 Å². The standard InChI is InChI=1S/C19H25NO/c1-3-15-20-18(16-11-7-5-8-12-16)19(21-4-2)17-13-9-6-10-14-17/h5-14,18-20H,3-4,15H2,1-2H3. The van der Waals surface area contributed by atoms with Gasteiger partial charge in [-0.3, -0.25) is 0 Å². The average molecular weight is 283 g/mol. The van der Waals surface area contributed by atoms with Crippen LogP contribution in [0.25, 0.3) is 0 Å². The second-order valence-corrected chi connectivity index (χ2v) is 5.13. The highest BCUT2D eigenvalue weighted by molar-refractivity contribution is 5.26. The third-order valence-corrected chi connectivity index (χ3v) is 3.55. The van der Waals surface area contributed by atoms with Crippen molar-refractivity contribution >= 4 is 0 Å². The van der Waals surface area contributed by atoms with E-state index in [4.69, 9.17) is 4.74 Å². The van der Waals surface area contributed by atoms with Gasteiger partial charge in [0.15, 0.2) is 0 Å². The van der Waals surface area contributed by atoms with Gasteiger partial charge in [0.2, 0.25) is 0 Å². The summed E-state index contributed by atoms with van der Waals surface area (Å²) in [7, 11) is 0. The van der Waals surface area contributed by atoms with Gasteiger partial charge in [0.05, 0.1) is 6.04 Å². The maximum Gasteiger partial charge on any atom is 0.102 e. The van der Waals surface area contributed by atoms with E-state index in [1.807, 2.05) is 6.07 Å². The van der Waals surface area contributed by atoms with E-state index in [0.717, 1.165) is 13.0 Å². The first-order chi connectivity index (χ1) is 10.4. The lowest BCUT2D eigenvalue weighted by Gasteiger charge is -2.29. The maximum atomic E-state index is 6.08. The lowest BCUT2D eigenvalue weighted by atomic mass is 9.95. The molecule has 2 aromatic carbocycles. The lowest BCUT2D eigenvalue weighted by Crippen LogP contribution is -2.29. The monoisotopic (exact) mass is 283 g/mol. The second kappa shape index (κ2) is 8.60. The van der Waals surface area contributed by atoms with Crippen LogP contribution in [0.3, 0.4) is 0 Å². The number of hydrogen-bond donors (Lipinski definition) is 1.